The van der Waals surface area contributed by atoms with Crippen molar-refractivity contribution in [2.75, 3.05) is 13.7 Å². The maximum atomic E-state index is 13.9. The van der Waals surface area contributed by atoms with E-state index in [0.29, 0.717) is 23.6 Å². The molecule has 0 N–H and O–H groups in total. The molecule has 0 bridgehead atoms. The van der Waals surface area contributed by atoms with E-state index in [0.717, 1.165) is 12.8 Å². The molecule has 140 valence electrons. The summed E-state index contributed by atoms with van der Waals surface area (Å²) in [6, 6.07) is 6.11. The molecule has 2 heterocycles. The van der Waals surface area contributed by atoms with Crippen molar-refractivity contribution in [1.82, 2.24) is 10.1 Å². The molecule has 0 aliphatic carbocycles. The summed E-state index contributed by atoms with van der Waals surface area (Å²) in [5.41, 5.74) is 0.405. The molecule has 1 atom stereocenters. The Morgan fingerprint density at radius 2 is 2.15 bits per heavy atom. The first kappa shape index (κ1) is 18.2. The van der Waals surface area contributed by atoms with Crippen LogP contribution >= 0.6 is 0 Å². The number of methoxy groups -OCH3 is 1. The van der Waals surface area contributed by atoms with Crippen molar-refractivity contribution < 1.29 is 23.2 Å². The smallest absolute Gasteiger partial charge is 0.410 e. The molecule has 6 nitrogen and oxygen atoms in total. The number of hydrogen-bond acceptors (Lipinski definition) is 5. The second-order valence-electron chi connectivity index (χ2n) is 7.27. The Balaban J connectivity index is 1.85. The molecule has 0 spiro atoms. The Hall–Kier alpha value is -2.57. The molecule has 3 rings (SSSR count). The first-order valence-electron chi connectivity index (χ1n) is 8.59. The predicted octanol–water partition coefficient (Wildman–Crippen LogP) is 4.56. The summed E-state index contributed by atoms with van der Waals surface area (Å²) in [5, 5.41) is 4.05. The Kier molecular flexibility index (Phi) is 4.89. The Morgan fingerprint density at radius 1 is 1.38 bits per heavy atom. The Bertz CT molecular complexity index is 797. The number of benzene rings is 1. The first-order valence-corrected chi connectivity index (χ1v) is 8.59. The lowest BCUT2D eigenvalue weighted by atomic mass is 10.1. The van der Waals surface area contributed by atoms with Crippen molar-refractivity contribution in [2.24, 2.45) is 0 Å². The third-order valence-electron chi connectivity index (χ3n) is 4.18. The van der Waals surface area contributed by atoms with Gasteiger partial charge in [0.05, 0.1) is 13.2 Å². The summed E-state index contributed by atoms with van der Waals surface area (Å²) in [6.07, 6.45) is 1.23. The minimum atomic E-state index is -0.564. The summed E-state index contributed by atoms with van der Waals surface area (Å²) < 4.78 is 30.0. The van der Waals surface area contributed by atoms with Gasteiger partial charge in [-0.25, -0.2) is 9.18 Å². The van der Waals surface area contributed by atoms with Gasteiger partial charge in [-0.1, -0.05) is 11.2 Å². The number of rotatable bonds is 3. The quantitative estimate of drug-likeness (QED) is 0.801. The molecule has 1 fully saturated rings. The van der Waals surface area contributed by atoms with Gasteiger partial charge in [-0.2, -0.15) is 0 Å². The van der Waals surface area contributed by atoms with Crippen LogP contribution in [0, 0.1) is 5.82 Å². The molecule has 1 amide bonds. The van der Waals surface area contributed by atoms with Crippen molar-refractivity contribution in [2.45, 2.75) is 45.3 Å². The van der Waals surface area contributed by atoms with Gasteiger partial charge >= 0.3 is 6.09 Å². The molecule has 1 aliphatic heterocycles. The van der Waals surface area contributed by atoms with Gasteiger partial charge in [0, 0.05) is 18.2 Å². The molecular formula is C19H23FN2O4. The summed E-state index contributed by atoms with van der Waals surface area (Å²) in [7, 11) is 1.41. The zero-order valence-electron chi connectivity index (χ0n) is 15.4. The number of carbonyl (C=O) groups excluding carboxylic acids is 1. The molecule has 26 heavy (non-hydrogen) atoms. The van der Waals surface area contributed by atoms with Crippen LogP contribution in [0.5, 0.6) is 5.75 Å². The SMILES string of the molecule is COc1c(F)cccc1-c1cc(C2CCCN2C(=O)OC(C)(C)C)on1. The van der Waals surface area contributed by atoms with Crippen LogP contribution in [0.3, 0.4) is 0 Å². The molecule has 7 heteroatoms. The van der Waals surface area contributed by atoms with Crippen LogP contribution in [0.2, 0.25) is 0 Å². The minimum Gasteiger partial charge on any atom is -0.493 e. The standard InChI is InChI=1S/C19H23FN2O4/c1-19(2,3)25-18(23)22-10-6-9-15(22)16-11-14(21-26-16)12-7-5-8-13(20)17(12)24-4/h5,7-8,11,15H,6,9-10H2,1-4H3. The number of aromatic nitrogens is 1. The van der Waals surface area contributed by atoms with E-state index in [1.807, 2.05) is 20.8 Å². The molecular weight excluding hydrogens is 339 g/mol. The maximum absolute atomic E-state index is 13.9. The van der Waals surface area contributed by atoms with Crippen LogP contribution in [-0.2, 0) is 4.74 Å². The van der Waals surface area contributed by atoms with E-state index in [4.69, 9.17) is 14.0 Å². The van der Waals surface area contributed by atoms with Crippen LogP contribution in [0.15, 0.2) is 28.8 Å². The van der Waals surface area contributed by atoms with Gasteiger partial charge in [0.1, 0.15) is 11.3 Å². The summed E-state index contributed by atoms with van der Waals surface area (Å²) in [4.78, 5) is 14.1. The second-order valence-corrected chi connectivity index (χ2v) is 7.27. The van der Waals surface area contributed by atoms with E-state index in [1.54, 1.807) is 23.1 Å². The van der Waals surface area contributed by atoms with Crippen LogP contribution < -0.4 is 4.74 Å². The number of hydrogen-bond donors (Lipinski definition) is 0. The van der Waals surface area contributed by atoms with E-state index in [9.17, 15) is 9.18 Å². The predicted molar refractivity (Wildman–Crippen MR) is 93.4 cm³/mol. The summed E-state index contributed by atoms with van der Waals surface area (Å²) >= 11 is 0. The summed E-state index contributed by atoms with van der Waals surface area (Å²) in [5.74, 6) is 0.197. The molecule has 1 aromatic heterocycles. The van der Waals surface area contributed by atoms with Crippen LogP contribution in [-0.4, -0.2) is 35.4 Å². The lowest BCUT2D eigenvalue weighted by molar-refractivity contribution is 0.0204. The van der Waals surface area contributed by atoms with Crippen molar-refractivity contribution >= 4 is 6.09 Å². The van der Waals surface area contributed by atoms with Crippen LogP contribution in [0.1, 0.15) is 45.4 Å². The van der Waals surface area contributed by atoms with Crippen molar-refractivity contribution in [3.63, 3.8) is 0 Å². The average Bonchev–Trinajstić information content (AvgIpc) is 3.22. The largest absolute Gasteiger partial charge is 0.493 e. The number of para-hydroxylation sites is 1. The van der Waals surface area contributed by atoms with Gasteiger partial charge in [0.15, 0.2) is 17.3 Å². The zero-order valence-corrected chi connectivity index (χ0v) is 15.4. The molecule has 0 radical (unpaired) electrons. The van der Waals surface area contributed by atoms with Gasteiger partial charge < -0.3 is 14.0 Å². The number of ether oxygens (including phenoxy) is 2. The van der Waals surface area contributed by atoms with Crippen molar-refractivity contribution in [3.8, 4) is 17.0 Å². The van der Waals surface area contributed by atoms with Crippen LogP contribution in [0.25, 0.3) is 11.3 Å². The fourth-order valence-electron chi connectivity index (χ4n) is 3.09. The maximum Gasteiger partial charge on any atom is 0.410 e. The third-order valence-corrected chi connectivity index (χ3v) is 4.18. The van der Waals surface area contributed by atoms with Crippen molar-refractivity contribution in [1.29, 1.82) is 0 Å². The second kappa shape index (κ2) is 6.97. The van der Waals surface area contributed by atoms with E-state index < -0.39 is 11.4 Å². The Morgan fingerprint density at radius 3 is 2.85 bits per heavy atom. The fourth-order valence-corrected chi connectivity index (χ4v) is 3.09. The Labute approximate surface area is 151 Å². The monoisotopic (exact) mass is 362 g/mol. The van der Waals surface area contributed by atoms with Gasteiger partial charge in [0.25, 0.3) is 0 Å². The average molecular weight is 362 g/mol. The number of carbonyl (C=O) groups is 1. The highest BCUT2D eigenvalue weighted by atomic mass is 19.1. The molecule has 0 saturated carbocycles. The van der Waals surface area contributed by atoms with Gasteiger partial charge in [-0.15, -0.1) is 0 Å². The van der Waals surface area contributed by atoms with Crippen LogP contribution in [0.4, 0.5) is 9.18 Å². The molecule has 1 aliphatic rings. The van der Waals surface area contributed by atoms with Gasteiger partial charge in [0.2, 0.25) is 0 Å². The van der Waals surface area contributed by atoms with Gasteiger partial charge in [-0.3, -0.25) is 4.90 Å². The van der Waals surface area contributed by atoms with Gasteiger partial charge in [-0.05, 0) is 45.7 Å². The highest BCUT2D eigenvalue weighted by Crippen LogP contribution is 2.37. The fraction of sp³-hybridized carbons (Fsp3) is 0.474. The molecule has 1 unspecified atom stereocenters. The van der Waals surface area contributed by atoms with E-state index in [1.165, 1.54) is 13.2 Å². The highest BCUT2D eigenvalue weighted by molar-refractivity contribution is 5.70. The topological polar surface area (TPSA) is 64.8 Å². The first-order chi connectivity index (χ1) is 12.3. The number of nitrogens with zero attached hydrogens (tertiary/aromatic N) is 2. The van der Waals surface area contributed by atoms with E-state index in [-0.39, 0.29) is 17.9 Å². The normalized spacial score (nSPS) is 17.4. The minimum absolute atomic E-state index is 0.114. The molecule has 1 aromatic carbocycles. The summed E-state index contributed by atoms with van der Waals surface area (Å²) in [6.45, 7) is 6.09. The third kappa shape index (κ3) is 3.66. The lowest BCUT2D eigenvalue weighted by Crippen LogP contribution is -2.36. The number of halogens is 1. The lowest BCUT2D eigenvalue weighted by Gasteiger charge is -2.27. The van der Waals surface area contributed by atoms with Crippen molar-refractivity contribution in [3.05, 3.63) is 35.8 Å². The molecule has 1 saturated heterocycles. The molecule has 2 aromatic rings. The zero-order chi connectivity index (χ0) is 18.9. The number of amides is 1. The highest BCUT2D eigenvalue weighted by Gasteiger charge is 2.35. The van der Waals surface area contributed by atoms with E-state index >= 15 is 0 Å². The van der Waals surface area contributed by atoms with E-state index in [2.05, 4.69) is 5.16 Å². The number of likely N-dealkylation sites (tertiary alicyclic amines) is 1.